The van der Waals surface area contributed by atoms with Crippen LogP contribution in [0.5, 0.6) is 0 Å². The quantitative estimate of drug-likeness (QED) is 0.808. The molecule has 0 saturated carbocycles. The van der Waals surface area contributed by atoms with Gasteiger partial charge in [-0.25, -0.2) is 0 Å². The molecule has 0 aliphatic heterocycles. The Labute approximate surface area is 111 Å². The van der Waals surface area contributed by atoms with Gasteiger partial charge in [-0.15, -0.1) is 0 Å². The van der Waals surface area contributed by atoms with Gasteiger partial charge in [-0.3, -0.25) is 9.59 Å². The van der Waals surface area contributed by atoms with Crippen molar-refractivity contribution in [1.29, 1.82) is 0 Å². The van der Waals surface area contributed by atoms with E-state index in [1.807, 2.05) is 19.1 Å². The van der Waals surface area contributed by atoms with Crippen LogP contribution in [0.4, 0.5) is 0 Å². The Morgan fingerprint density at radius 2 is 1.89 bits per heavy atom. The van der Waals surface area contributed by atoms with Crippen molar-refractivity contribution < 1.29 is 19.4 Å². The topological polar surface area (TPSA) is 63.6 Å². The van der Waals surface area contributed by atoms with Gasteiger partial charge >= 0.3 is 11.9 Å². The van der Waals surface area contributed by atoms with Gasteiger partial charge in [0, 0.05) is 10.9 Å². The van der Waals surface area contributed by atoms with Crippen LogP contribution in [-0.2, 0) is 14.3 Å². The fraction of sp³-hybridized carbons (Fsp3) is 0.385. The SMILES string of the molecule is CC(COC(=O)CCC(=O)O)c1ccc(Cl)cc1. The first-order valence-electron chi connectivity index (χ1n) is 5.62. The van der Waals surface area contributed by atoms with Crippen LogP contribution in [0.2, 0.25) is 5.02 Å². The predicted molar refractivity (Wildman–Crippen MR) is 67.7 cm³/mol. The summed E-state index contributed by atoms with van der Waals surface area (Å²) in [5.41, 5.74) is 1.02. The third kappa shape index (κ3) is 5.19. The van der Waals surface area contributed by atoms with Crippen LogP contribution in [-0.4, -0.2) is 23.7 Å². The minimum absolute atomic E-state index is 0.0519. The summed E-state index contributed by atoms with van der Waals surface area (Å²) in [4.78, 5) is 21.5. The van der Waals surface area contributed by atoms with Gasteiger partial charge in [-0.2, -0.15) is 0 Å². The fourth-order valence-electron chi connectivity index (χ4n) is 1.39. The number of carboxylic acids is 1. The number of rotatable bonds is 6. The molecule has 0 fully saturated rings. The Balaban J connectivity index is 2.36. The van der Waals surface area contributed by atoms with Gasteiger partial charge in [0.25, 0.3) is 0 Å². The zero-order valence-corrected chi connectivity index (χ0v) is 10.8. The second kappa shape index (κ2) is 7.01. The van der Waals surface area contributed by atoms with Gasteiger partial charge in [0.05, 0.1) is 19.4 Å². The smallest absolute Gasteiger partial charge is 0.306 e. The molecule has 4 nitrogen and oxygen atoms in total. The maximum absolute atomic E-state index is 11.2. The molecule has 1 N–H and O–H groups in total. The summed E-state index contributed by atoms with van der Waals surface area (Å²) in [5, 5.41) is 9.08. The van der Waals surface area contributed by atoms with Crippen LogP contribution >= 0.6 is 11.6 Å². The number of carbonyl (C=O) groups is 2. The van der Waals surface area contributed by atoms with Crippen molar-refractivity contribution >= 4 is 23.5 Å². The minimum atomic E-state index is -1.00. The van der Waals surface area contributed by atoms with Crippen LogP contribution in [0.1, 0.15) is 31.2 Å². The number of carboxylic acid groups (broad SMARTS) is 1. The number of hydrogen-bond acceptors (Lipinski definition) is 3. The van der Waals surface area contributed by atoms with Crippen molar-refractivity contribution in [1.82, 2.24) is 0 Å². The first-order valence-corrected chi connectivity index (χ1v) is 5.99. The summed E-state index contributed by atoms with van der Waals surface area (Å²) in [7, 11) is 0. The summed E-state index contributed by atoms with van der Waals surface area (Å²) in [6, 6.07) is 7.30. The molecule has 1 aromatic carbocycles. The molecule has 1 rings (SSSR count). The lowest BCUT2D eigenvalue weighted by Gasteiger charge is -2.12. The van der Waals surface area contributed by atoms with E-state index in [9.17, 15) is 9.59 Å². The molecule has 98 valence electrons. The summed E-state index contributed by atoms with van der Waals surface area (Å²) in [6.45, 7) is 2.16. The largest absolute Gasteiger partial charge is 0.481 e. The van der Waals surface area contributed by atoms with Gasteiger partial charge in [0.1, 0.15) is 0 Å². The number of aliphatic carboxylic acids is 1. The summed E-state index contributed by atoms with van der Waals surface area (Å²) in [6.07, 6.45) is -0.295. The van der Waals surface area contributed by atoms with Crippen LogP contribution in [0, 0.1) is 0 Å². The Morgan fingerprint density at radius 3 is 2.44 bits per heavy atom. The van der Waals surface area contributed by atoms with Gasteiger partial charge in [0.2, 0.25) is 0 Å². The third-order valence-electron chi connectivity index (χ3n) is 2.48. The van der Waals surface area contributed by atoms with E-state index in [4.69, 9.17) is 21.4 Å². The van der Waals surface area contributed by atoms with E-state index in [1.54, 1.807) is 12.1 Å². The molecule has 1 aromatic rings. The molecule has 0 saturated heterocycles. The van der Waals surface area contributed by atoms with E-state index in [0.29, 0.717) is 5.02 Å². The molecule has 0 aliphatic carbocycles. The number of esters is 1. The van der Waals surface area contributed by atoms with Crippen LogP contribution in [0.3, 0.4) is 0 Å². The van der Waals surface area contributed by atoms with Crippen LogP contribution in [0.25, 0.3) is 0 Å². The first-order chi connectivity index (χ1) is 8.49. The molecule has 0 amide bonds. The van der Waals surface area contributed by atoms with E-state index >= 15 is 0 Å². The Kier molecular flexibility index (Phi) is 5.65. The van der Waals surface area contributed by atoms with E-state index in [1.165, 1.54) is 0 Å². The molecule has 5 heteroatoms. The first kappa shape index (κ1) is 14.5. The Hall–Kier alpha value is -1.55. The zero-order chi connectivity index (χ0) is 13.5. The van der Waals surface area contributed by atoms with E-state index in [-0.39, 0.29) is 25.4 Å². The lowest BCUT2D eigenvalue weighted by Crippen LogP contribution is -2.12. The molecular weight excluding hydrogens is 256 g/mol. The van der Waals surface area contributed by atoms with Crippen LogP contribution in [0.15, 0.2) is 24.3 Å². The molecule has 0 aromatic heterocycles. The molecule has 0 aliphatic rings. The molecule has 1 unspecified atom stereocenters. The van der Waals surface area contributed by atoms with Crippen LogP contribution < -0.4 is 0 Å². The summed E-state index contributed by atoms with van der Waals surface area (Å²) >= 11 is 5.77. The van der Waals surface area contributed by atoms with Gasteiger partial charge in [0.15, 0.2) is 0 Å². The van der Waals surface area contributed by atoms with E-state index in [0.717, 1.165) is 5.56 Å². The normalized spacial score (nSPS) is 11.9. The van der Waals surface area contributed by atoms with Crippen molar-refractivity contribution in [2.24, 2.45) is 0 Å². The third-order valence-corrected chi connectivity index (χ3v) is 2.73. The fourth-order valence-corrected chi connectivity index (χ4v) is 1.51. The standard InChI is InChI=1S/C13H15ClO4/c1-9(10-2-4-11(14)5-3-10)8-18-13(17)7-6-12(15)16/h2-5,9H,6-8H2,1H3,(H,15,16). The van der Waals surface area contributed by atoms with Crippen molar-refractivity contribution in [3.05, 3.63) is 34.9 Å². The maximum atomic E-state index is 11.2. The summed E-state index contributed by atoms with van der Waals surface area (Å²) in [5.74, 6) is -1.44. The number of hydrogen-bond donors (Lipinski definition) is 1. The second-order valence-corrected chi connectivity index (χ2v) is 4.47. The maximum Gasteiger partial charge on any atom is 0.306 e. The highest BCUT2D eigenvalue weighted by Crippen LogP contribution is 2.18. The second-order valence-electron chi connectivity index (χ2n) is 4.03. The predicted octanol–water partition coefficient (Wildman–Crippen LogP) is 2.85. The number of halogens is 1. The summed E-state index contributed by atoms with van der Waals surface area (Å²) < 4.78 is 5.00. The number of ether oxygens (including phenoxy) is 1. The average molecular weight is 271 g/mol. The highest BCUT2D eigenvalue weighted by atomic mass is 35.5. The van der Waals surface area contributed by atoms with E-state index in [2.05, 4.69) is 0 Å². The zero-order valence-electron chi connectivity index (χ0n) is 10.1. The minimum Gasteiger partial charge on any atom is -0.481 e. The van der Waals surface area contributed by atoms with Crippen molar-refractivity contribution in [3.8, 4) is 0 Å². The highest BCUT2D eigenvalue weighted by Gasteiger charge is 2.10. The molecule has 0 spiro atoms. The molecular formula is C13H15ClO4. The lowest BCUT2D eigenvalue weighted by molar-refractivity contribution is -0.148. The molecule has 0 bridgehead atoms. The molecule has 1 atom stereocenters. The highest BCUT2D eigenvalue weighted by molar-refractivity contribution is 6.30. The molecule has 0 heterocycles. The van der Waals surface area contributed by atoms with Gasteiger partial charge < -0.3 is 9.84 Å². The molecule has 18 heavy (non-hydrogen) atoms. The lowest BCUT2D eigenvalue weighted by atomic mass is 10.0. The number of carbonyl (C=O) groups excluding carboxylic acids is 1. The van der Waals surface area contributed by atoms with Crippen molar-refractivity contribution in [2.75, 3.05) is 6.61 Å². The van der Waals surface area contributed by atoms with E-state index < -0.39 is 11.9 Å². The van der Waals surface area contributed by atoms with Gasteiger partial charge in [-0.1, -0.05) is 30.7 Å². The Morgan fingerprint density at radius 1 is 1.28 bits per heavy atom. The number of benzene rings is 1. The van der Waals surface area contributed by atoms with Crippen molar-refractivity contribution in [3.63, 3.8) is 0 Å². The van der Waals surface area contributed by atoms with Crippen molar-refractivity contribution in [2.45, 2.75) is 25.7 Å². The Bertz CT molecular complexity index is 414. The monoisotopic (exact) mass is 270 g/mol. The van der Waals surface area contributed by atoms with Gasteiger partial charge in [-0.05, 0) is 17.7 Å². The average Bonchev–Trinajstić information content (AvgIpc) is 2.34. The molecule has 0 radical (unpaired) electrons.